The second-order valence-electron chi connectivity index (χ2n) is 8.04. The van der Waals surface area contributed by atoms with Gasteiger partial charge in [0, 0.05) is 31.2 Å². The van der Waals surface area contributed by atoms with Crippen LogP contribution in [0.25, 0.3) is 0 Å². The van der Waals surface area contributed by atoms with E-state index in [-0.39, 0.29) is 36.8 Å². The largest absolute Gasteiger partial charge is 0.482 e. The van der Waals surface area contributed by atoms with Crippen LogP contribution in [0.1, 0.15) is 6.42 Å². The van der Waals surface area contributed by atoms with Crippen LogP contribution in [-0.2, 0) is 14.4 Å². The Labute approximate surface area is 174 Å². The van der Waals surface area contributed by atoms with Gasteiger partial charge < -0.3 is 19.9 Å². The summed E-state index contributed by atoms with van der Waals surface area (Å²) in [5.41, 5.74) is 0.499. The zero-order valence-electron chi connectivity index (χ0n) is 16.4. The monoisotopic (exact) mass is 420 g/mol. The second kappa shape index (κ2) is 8.20. The highest BCUT2D eigenvalue weighted by atomic mass is 35.5. The molecule has 29 heavy (non-hydrogen) atoms. The Kier molecular flexibility index (Phi) is 5.65. The van der Waals surface area contributed by atoms with Gasteiger partial charge in [0.15, 0.2) is 6.61 Å². The molecule has 1 aromatic carbocycles. The molecule has 0 aromatic heterocycles. The van der Waals surface area contributed by atoms with E-state index in [0.717, 1.165) is 19.5 Å². The van der Waals surface area contributed by atoms with Crippen molar-refractivity contribution in [3.8, 4) is 5.75 Å². The first kappa shape index (κ1) is 20.0. The van der Waals surface area contributed by atoms with Crippen LogP contribution < -0.4 is 15.0 Å². The molecule has 0 spiro atoms. The molecule has 156 valence electrons. The van der Waals surface area contributed by atoms with E-state index in [0.29, 0.717) is 42.0 Å². The van der Waals surface area contributed by atoms with Gasteiger partial charge in [-0.1, -0.05) is 11.6 Å². The van der Waals surface area contributed by atoms with E-state index >= 15 is 0 Å². The third-order valence-corrected chi connectivity index (χ3v) is 6.05. The van der Waals surface area contributed by atoms with Gasteiger partial charge >= 0.3 is 0 Å². The van der Waals surface area contributed by atoms with Crippen molar-refractivity contribution in [2.45, 2.75) is 6.42 Å². The van der Waals surface area contributed by atoms with E-state index in [1.165, 1.54) is 4.90 Å². The highest BCUT2D eigenvalue weighted by molar-refractivity contribution is 6.31. The number of hydrogen-bond acceptors (Lipinski definition) is 5. The Morgan fingerprint density at radius 1 is 1.28 bits per heavy atom. The number of hydrogen-bond donors (Lipinski definition) is 1. The van der Waals surface area contributed by atoms with Gasteiger partial charge in [-0.25, -0.2) is 0 Å². The number of halogens is 1. The predicted molar refractivity (Wildman–Crippen MR) is 108 cm³/mol. The van der Waals surface area contributed by atoms with Gasteiger partial charge in [-0.05, 0) is 44.1 Å². The van der Waals surface area contributed by atoms with Crippen LogP contribution in [0, 0.1) is 11.8 Å². The Bertz CT molecular complexity index is 827. The maximum atomic E-state index is 12.6. The van der Waals surface area contributed by atoms with Crippen LogP contribution in [0.3, 0.4) is 0 Å². The molecule has 2 fully saturated rings. The minimum atomic E-state index is -0.288. The summed E-state index contributed by atoms with van der Waals surface area (Å²) in [6, 6.07) is 4.99. The summed E-state index contributed by atoms with van der Waals surface area (Å²) < 4.78 is 5.40. The van der Waals surface area contributed by atoms with Crippen LogP contribution in [0.15, 0.2) is 18.2 Å². The van der Waals surface area contributed by atoms with Gasteiger partial charge in [0.25, 0.3) is 5.91 Å². The van der Waals surface area contributed by atoms with Gasteiger partial charge in [-0.15, -0.1) is 0 Å². The maximum Gasteiger partial charge on any atom is 0.265 e. The second-order valence-corrected chi connectivity index (χ2v) is 8.47. The standard InChI is InChI=1S/C20H25ClN4O4/c1-23-5-4-13(8-23)7-22-20(28)14-9-24(10-14)18(26)11-25-16-6-15(21)2-3-17(16)29-12-19(25)27/h2-3,6,13-14H,4-5,7-12H2,1H3,(H,22,28). The molecule has 1 N–H and O–H groups in total. The summed E-state index contributed by atoms with van der Waals surface area (Å²) in [7, 11) is 2.09. The predicted octanol–water partition coefficient (Wildman–Crippen LogP) is 0.592. The van der Waals surface area contributed by atoms with Crippen molar-refractivity contribution in [1.29, 1.82) is 0 Å². The fourth-order valence-corrected chi connectivity index (χ4v) is 4.18. The molecule has 4 rings (SSSR count). The third-order valence-electron chi connectivity index (χ3n) is 5.82. The van der Waals surface area contributed by atoms with Gasteiger partial charge in [0.05, 0.1) is 11.6 Å². The van der Waals surface area contributed by atoms with E-state index in [4.69, 9.17) is 16.3 Å². The van der Waals surface area contributed by atoms with Crippen molar-refractivity contribution < 1.29 is 19.1 Å². The van der Waals surface area contributed by atoms with Crippen LogP contribution in [0.2, 0.25) is 5.02 Å². The van der Waals surface area contributed by atoms with Crippen LogP contribution in [0.4, 0.5) is 5.69 Å². The molecule has 0 radical (unpaired) electrons. The number of carbonyl (C=O) groups is 3. The number of fused-ring (bicyclic) bond motifs is 1. The molecule has 1 aromatic rings. The number of amides is 3. The fraction of sp³-hybridized carbons (Fsp3) is 0.550. The van der Waals surface area contributed by atoms with Crippen LogP contribution in [0.5, 0.6) is 5.75 Å². The van der Waals surface area contributed by atoms with Gasteiger partial charge in [0.1, 0.15) is 12.3 Å². The summed E-state index contributed by atoms with van der Waals surface area (Å²) in [5, 5.41) is 3.48. The molecular formula is C20H25ClN4O4. The van der Waals surface area contributed by atoms with Gasteiger partial charge in [0.2, 0.25) is 11.8 Å². The van der Waals surface area contributed by atoms with Crippen molar-refractivity contribution in [1.82, 2.24) is 15.1 Å². The van der Waals surface area contributed by atoms with E-state index in [2.05, 4.69) is 17.3 Å². The summed E-state index contributed by atoms with van der Waals surface area (Å²) in [6.07, 6.45) is 1.10. The summed E-state index contributed by atoms with van der Waals surface area (Å²) in [5.74, 6) is 0.377. The molecule has 0 saturated carbocycles. The van der Waals surface area contributed by atoms with Crippen molar-refractivity contribution in [3.63, 3.8) is 0 Å². The Morgan fingerprint density at radius 3 is 2.79 bits per heavy atom. The molecular weight excluding hydrogens is 396 g/mol. The van der Waals surface area contributed by atoms with E-state index in [1.807, 2.05) is 0 Å². The lowest BCUT2D eigenvalue weighted by atomic mass is 9.98. The molecule has 8 nitrogen and oxygen atoms in total. The van der Waals surface area contributed by atoms with Crippen molar-refractivity contribution in [3.05, 3.63) is 23.2 Å². The number of anilines is 1. The third kappa shape index (κ3) is 4.33. The smallest absolute Gasteiger partial charge is 0.265 e. The van der Waals surface area contributed by atoms with E-state index < -0.39 is 0 Å². The van der Waals surface area contributed by atoms with Crippen molar-refractivity contribution >= 4 is 35.0 Å². The first-order chi connectivity index (χ1) is 13.9. The number of nitrogens with one attached hydrogen (secondary N) is 1. The normalized spacial score (nSPS) is 22.1. The first-order valence-corrected chi connectivity index (χ1v) is 10.2. The highest BCUT2D eigenvalue weighted by Crippen LogP contribution is 2.34. The summed E-state index contributed by atoms with van der Waals surface area (Å²) in [6.45, 7) is 3.34. The quantitative estimate of drug-likeness (QED) is 0.754. The van der Waals surface area contributed by atoms with Crippen molar-refractivity contribution in [2.75, 3.05) is 57.8 Å². The zero-order valence-corrected chi connectivity index (χ0v) is 17.2. The minimum Gasteiger partial charge on any atom is -0.482 e. The van der Waals surface area contributed by atoms with Gasteiger partial charge in [-0.2, -0.15) is 0 Å². The molecule has 3 aliphatic rings. The topological polar surface area (TPSA) is 82.2 Å². The Balaban J connectivity index is 1.27. The molecule has 3 heterocycles. The molecule has 1 unspecified atom stereocenters. The number of carbonyl (C=O) groups excluding carboxylic acids is 3. The molecule has 0 bridgehead atoms. The van der Waals surface area contributed by atoms with E-state index in [9.17, 15) is 14.4 Å². The Hall–Kier alpha value is -2.32. The summed E-state index contributed by atoms with van der Waals surface area (Å²) >= 11 is 6.03. The zero-order chi connectivity index (χ0) is 20.5. The number of benzene rings is 1. The number of rotatable bonds is 5. The number of ether oxygens (including phenoxy) is 1. The average molecular weight is 421 g/mol. The minimum absolute atomic E-state index is 0.00294. The molecule has 1 atom stereocenters. The SMILES string of the molecule is CN1CCC(CNC(=O)C2CN(C(=O)CN3C(=O)COc4ccc(Cl)cc43)C2)C1. The highest BCUT2D eigenvalue weighted by Gasteiger charge is 2.38. The Morgan fingerprint density at radius 2 is 2.07 bits per heavy atom. The summed E-state index contributed by atoms with van der Waals surface area (Å²) in [4.78, 5) is 42.5. The lowest BCUT2D eigenvalue weighted by Crippen LogP contribution is -2.58. The number of likely N-dealkylation sites (tertiary alicyclic amines) is 2. The molecule has 3 amide bonds. The molecule has 0 aliphatic carbocycles. The fourth-order valence-electron chi connectivity index (χ4n) is 4.01. The van der Waals surface area contributed by atoms with Crippen LogP contribution >= 0.6 is 11.6 Å². The van der Waals surface area contributed by atoms with Gasteiger partial charge in [-0.3, -0.25) is 19.3 Å². The molecule has 2 saturated heterocycles. The van der Waals surface area contributed by atoms with Crippen LogP contribution in [-0.4, -0.2) is 80.4 Å². The molecule has 9 heteroatoms. The average Bonchev–Trinajstić information content (AvgIpc) is 3.06. The lowest BCUT2D eigenvalue weighted by molar-refractivity contribution is -0.142. The van der Waals surface area contributed by atoms with Crippen molar-refractivity contribution in [2.24, 2.45) is 11.8 Å². The first-order valence-electron chi connectivity index (χ1n) is 9.87. The van der Waals surface area contributed by atoms with E-state index in [1.54, 1.807) is 23.1 Å². The maximum absolute atomic E-state index is 12.6. The number of nitrogens with zero attached hydrogens (tertiary/aromatic N) is 3. The molecule has 3 aliphatic heterocycles. The lowest BCUT2D eigenvalue weighted by Gasteiger charge is -2.40.